The van der Waals surface area contributed by atoms with Gasteiger partial charge in [0.25, 0.3) is 0 Å². The number of nitrogens with zero attached hydrogens (tertiary/aromatic N) is 5. The first-order valence-corrected chi connectivity index (χ1v) is 7.80. The SMILES string of the molecule is Cc1nc2ccc(F)cc2n1Cc1ccc(-c2noc(C(F)(F)F)n2)cn1. The Morgan fingerprint density at radius 2 is 1.93 bits per heavy atom. The molecular formula is C17H11F4N5O. The lowest BCUT2D eigenvalue weighted by Crippen LogP contribution is -2.05. The fourth-order valence-electron chi connectivity index (χ4n) is 2.68. The third-order valence-corrected chi connectivity index (χ3v) is 3.97. The van der Waals surface area contributed by atoms with Gasteiger partial charge in [-0.05, 0) is 37.3 Å². The van der Waals surface area contributed by atoms with E-state index in [1.807, 2.05) is 0 Å². The molecule has 27 heavy (non-hydrogen) atoms. The Morgan fingerprint density at radius 3 is 2.59 bits per heavy atom. The van der Waals surface area contributed by atoms with Crippen LogP contribution >= 0.6 is 0 Å². The molecule has 0 amide bonds. The Bertz CT molecular complexity index is 1110. The number of aryl methyl sites for hydroxylation is 1. The number of hydrogen-bond donors (Lipinski definition) is 0. The van der Waals surface area contributed by atoms with Gasteiger partial charge >= 0.3 is 12.1 Å². The number of hydrogen-bond acceptors (Lipinski definition) is 5. The van der Waals surface area contributed by atoms with E-state index >= 15 is 0 Å². The number of halogens is 4. The van der Waals surface area contributed by atoms with Crippen molar-refractivity contribution in [2.24, 2.45) is 0 Å². The Morgan fingerprint density at radius 1 is 1.11 bits per heavy atom. The molecule has 0 aliphatic carbocycles. The maximum atomic E-state index is 13.5. The van der Waals surface area contributed by atoms with Gasteiger partial charge in [0.15, 0.2) is 0 Å². The smallest absolute Gasteiger partial charge is 0.329 e. The molecule has 0 aliphatic rings. The summed E-state index contributed by atoms with van der Waals surface area (Å²) in [4.78, 5) is 11.9. The second kappa shape index (κ2) is 6.15. The Hall–Kier alpha value is -3.30. The Balaban J connectivity index is 1.61. The summed E-state index contributed by atoms with van der Waals surface area (Å²) < 4.78 is 57.2. The summed E-state index contributed by atoms with van der Waals surface area (Å²) in [6.07, 6.45) is -3.34. The highest BCUT2D eigenvalue weighted by Crippen LogP contribution is 2.29. The van der Waals surface area contributed by atoms with Crippen molar-refractivity contribution in [3.05, 3.63) is 59.8 Å². The zero-order valence-electron chi connectivity index (χ0n) is 13.8. The van der Waals surface area contributed by atoms with E-state index in [0.29, 0.717) is 29.1 Å². The van der Waals surface area contributed by atoms with Crippen LogP contribution in [0.3, 0.4) is 0 Å². The van der Waals surface area contributed by atoms with Crippen molar-refractivity contribution in [3.8, 4) is 11.4 Å². The molecule has 0 fully saturated rings. The molecule has 0 saturated carbocycles. The van der Waals surface area contributed by atoms with Crippen LogP contribution in [0, 0.1) is 12.7 Å². The van der Waals surface area contributed by atoms with Crippen LogP contribution in [-0.2, 0) is 12.7 Å². The highest BCUT2D eigenvalue weighted by molar-refractivity contribution is 5.76. The quantitative estimate of drug-likeness (QED) is 0.505. The molecule has 0 radical (unpaired) electrons. The van der Waals surface area contributed by atoms with Gasteiger partial charge in [0.1, 0.15) is 11.6 Å². The second-order valence-electron chi connectivity index (χ2n) is 5.84. The van der Waals surface area contributed by atoms with Gasteiger partial charge in [-0.25, -0.2) is 9.37 Å². The summed E-state index contributed by atoms with van der Waals surface area (Å²) in [7, 11) is 0. The van der Waals surface area contributed by atoms with E-state index in [0.717, 1.165) is 0 Å². The molecule has 4 aromatic rings. The molecule has 3 heterocycles. The maximum absolute atomic E-state index is 13.5. The number of imidazole rings is 1. The fourth-order valence-corrected chi connectivity index (χ4v) is 2.68. The van der Waals surface area contributed by atoms with E-state index < -0.39 is 12.1 Å². The Kier molecular flexibility index (Phi) is 3.90. The largest absolute Gasteiger partial charge is 0.471 e. The zero-order chi connectivity index (χ0) is 19.2. The van der Waals surface area contributed by atoms with Crippen LogP contribution < -0.4 is 0 Å². The van der Waals surface area contributed by atoms with Crippen LogP contribution in [-0.4, -0.2) is 24.7 Å². The number of alkyl halides is 3. The molecule has 0 saturated heterocycles. The molecule has 0 N–H and O–H groups in total. The summed E-state index contributed by atoms with van der Waals surface area (Å²) in [6.45, 7) is 2.12. The molecule has 0 unspecified atom stereocenters. The third kappa shape index (κ3) is 3.25. The highest BCUT2D eigenvalue weighted by atomic mass is 19.4. The lowest BCUT2D eigenvalue weighted by molar-refractivity contribution is -0.159. The first-order valence-electron chi connectivity index (χ1n) is 7.80. The predicted octanol–water partition coefficient (Wildman–Crippen LogP) is 4.00. The van der Waals surface area contributed by atoms with Crippen molar-refractivity contribution in [2.75, 3.05) is 0 Å². The molecule has 0 spiro atoms. The Labute approximate surface area is 149 Å². The second-order valence-corrected chi connectivity index (χ2v) is 5.84. The zero-order valence-corrected chi connectivity index (χ0v) is 13.8. The minimum atomic E-state index is -4.70. The average molecular weight is 377 g/mol. The summed E-state index contributed by atoms with van der Waals surface area (Å²) in [5.74, 6) is -1.30. The van der Waals surface area contributed by atoms with Gasteiger partial charge in [0.2, 0.25) is 5.82 Å². The van der Waals surface area contributed by atoms with E-state index in [4.69, 9.17) is 0 Å². The molecule has 0 bridgehead atoms. The van der Waals surface area contributed by atoms with Gasteiger partial charge in [-0.3, -0.25) is 4.98 Å². The van der Waals surface area contributed by atoms with Gasteiger partial charge in [0.05, 0.1) is 23.3 Å². The lowest BCUT2D eigenvalue weighted by Gasteiger charge is -2.07. The molecule has 0 atom stereocenters. The summed E-state index contributed by atoms with van der Waals surface area (Å²) in [5, 5.41) is 3.32. The van der Waals surface area contributed by atoms with Crippen molar-refractivity contribution in [2.45, 2.75) is 19.6 Å². The van der Waals surface area contributed by atoms with Crippen molar-refractivity contribution < 1.29 is 22.1 Å². The van der Waals surface area contributed by atoms with Crippen LogP contribution in [0.5, 0.6) is 0 Å². The van der Waals surface area contributed by atoms with E-state index in [9.17, 15) is 17.6 Å². The van der Waals surface area contributed by atoms with E-state index in [1.165, 1.54) is 18.3 Å². The lowest BCUT2D eigenvalue weighted by atomic mass is 10.2. The van der Waals surface area contributed by atoms with Gasteiger partial charge in [-0.15, -0.1) is 0 Å². The fraction of sp³-hybridized carbons (Fsp3) is 0.176. The molecular weight excluding hydrogens is 366 g/mol. The molecule has 0 aliphatic heterocycles. The van der Waals surface area contributed by atoms with Crippen molar-refractivity contribution in [3.63, 3.8) is 0 Å². The molecule has 3 aromatic heterocycles. The molecule has 10 heteroatoms. The number of benzene rings is 1. The number of pyridine rings is 1. The highest BCUT2D eigenvalue weighted by Gasteiger charge is 2.38. The van der Waals surface area contributed by atoms with Gasteiger partial charge in [0, 0.05) is 11.8 Å². The average Bonchev–Trinajstić information content (AvgIpc) is 3.22. The van der Waals surface area contributed by atoms with Gasteiger partial charge < -0.3 is 9.09 Å². The first-order chi connectivity index (χ1) is 12.8. The summed E-state index contributed by atoms with van der Waals surface area (Å²) >= 11 is 0. The standard InChI is InChI=1S/C17H11F4N5O/c1-9-23-13-5-3-11(18)6-14(13)26(9)8-12-4-2-10(7-22-12)15-24-16(27-25-15)17(19,20)21/h2-7H,8H2,1H3. The minimum Gasteiger partial charge on any atom is -0.329 e. The molecule has 4 rings (SSSR count). The predicted molar refractivity (Wildman–Crippen MR) is 86.1 cm³/mol. The first kappa shape index (κ1) is 17.1. The van der Waals surface area contributed by atoms with Crippen LogP contribution in [0.25, 0.3) is 22.4 Å². The summed E-state index contributed by atoms with van der Waals surface area (Å²) in [5.41, 5.74) is 2.20. The topological polar surface area (TPSA) is 69.6 Å². The minimum absolute atomic E-state index is 0.201. The van der Waals surface area contributed by atoms with Gasteiger partial charge in [-0.1, -0.05) is 5.16 Å². The molecule has 6 nitrogen and oxygen atoms in total. The van der Waals surface area contributed by atoms with Crippen molar-refractivity contribution in [1.29, 1.82) is 0 Å². The molecule has 1 aromatic carbocycles. The normalized spacial score (nSPS) is 12.0. The van der Waals surface area contributed by atoms with Crippen LogP contribution in [0.1, 0.15) is 17.4 Å². The number of rotatable bonds is 3. The maximum Gasteiger partial charge on any atom is 0.471 e. The number of aromatic nitrogens is 5. The van der Waals surface area contributed by atoms with Gasteiger partial charge in [-0.2, -0.15) is 18.2 Å². The van der Waals surface area contributed by atoms with Crippen molar-refractivity contribution >= 4 is 11.0 Å². The van der Waals surface area contributed by atoms with Crippen molar-refractivity contribution in [1.82, 2.24) is 24.7 Å². The number of fused-ring (bicyclic) bond motifs is 1. The summed E-state index contributed by atoms with van der Waals surface area (Å²) in [6, 6.07) is 7.50. The monoisotopic (exact) mass is 377 g/mol. The van der Waals surface area contributed by atoms with Crippen LogP contribution in [0.4, 0.5) is 17.6 Å². The molecule has 138 valence electrons. The van der Waals surface area contributed by atoms with Crippen LogP contribution in [0.2, 0.25) is 0 Å². The van der Waals surface area contributed by atoms with E-state index in [-0.39, 0.29) is 17.2 Å². The third-order valence-electron chi connectivity index (χ3n) is 3.97. The van der Waals surface area contributed by atoms with E-state index in [1.54, 1.807) is 29.7 Å². The van der Waals surface area contributed by atoms with Crippen LogP contribution in [0.15, 0.2) is 41.1 Å². The van der Waals surface area contributed by atoms with E-state index in [2.05, 4.69) is 24.6 Å².